The number of rotatable bonds is 7. The fourth-order valence-electron chi connectivity index (χ4n) is 1.81. The smallest absolute Gasteiger partial charge is 0.142 e. The van der Waals surface area contributed by atoms with E-state index in [0.29, 0.717) is 13.2 Å². The average molecular weight is 356 g/mol. The van der Waals surface area contributed by atoms with E-state index < -0.39 is 0 Å². The first-order valence-electron chi connectivity index (χ1n) is 6.59. The van der Waals surface area contributed by atoms with Gasteiger partial charge in [0.1, 0.15) is 11.5 Å². The SMILES string of the molecule is CCOc1ccc(OCC)c(NCc2cc(Br)cs2)c1. The van der Waals surface area contributed by atoms with Crippen molar-refractivity contribution in [3.63, 3.8) is 0 Å². The molecule has 3 nitrogen and oxygen atoms in total. The lowest BCUT2D eigenvalue weighted by Crippen LogP contribution is -2.02. The Labute approximate surface area is 132 Å². The lowest BCUT2D eigenvalue weighted by atomic mass is 10.2. The maximum absolute atomic E-state index is 5.64. The quantitative estimate of drug-likeness (QED) is 0.764. The Kier molecular flexibility index (Phi) is 5.73. The zero-order valence-corrected chi connectivity index (χ0v) is 14.0. The highest BCUT2D eigenvalue weighted by molar-refractivity contribution is 9.10. The van der Waals surface area contributed by atoms with Crippen LogP contribution >= 0.6 is 27.3 Å². The summed E-state index contributed by atoms with van der Waals surface area (Å²) >= 11 is 5.19. The van der Waals surface area contributed by atoms with Crippen LogP contribution in [0.15, 0.2) is 34.1 Å². The van der Waals surface area contributed by atoms with E-state index in [-0.39, 0.29) is 0 Å². The molecule has 1 heterocycles. The fourth-order valence-corrected chi connectivity index (χ4v) is 3.20. The summed E-state index contributed by atoms with van der Waals surface area (Å²) in [4.78, 5) is 1.26. The van der Waals surface area contributed by atoms with Crippen LogP contribution in [0.4, 0.5) is 5.69 Å². The van der Waals surface area contributed by atoms with Crippen molar-refractivity contribution in [2.24, 2.45) is 0 Å². The minimum atomic E-state index is 0.646. The summed E-state index contributed by atoms with van der Waals surface area (Å²) in [6, 6.07) is 7.98. The maximum atomic E-state index is 5.64. The topological polar surface area (TPSA) is 30.5 Å². The zero-order chi connectivity index (χ0) is 14.4. The standard InChI is InChI=1S/C15H18BrNO2S/c1-3-18-12-5-6-15(19-4-2)14(8-12)17-9-13-7-11(16)10-20-13/h5-8,10,17H,3-4,9H2,1-2H3. The molecule has 0 saturated carbocycles. The lowest BCUT2D eigenvalue weighted by molar-refractivity contribution is 0.332. The van der Waals surface area contributed by atoms with Gasteiger partial charge < -0.3 is 14.8 Å². The third kappa shape index (κ3) is 4.15. The van der Waals surface area contributed by atoms with E-state index in [1.54, 1.807) is 11.3 Å². The second kappa shape index (κ2) is 7.55. The van der Waals surface area contributed by atoms with Gasteiger partial charge in [0.05, 0.1) is 18.9 Å². The predicted molar refractivity (Wildman–Crippen MR) is 88.1 cm³/mol. The van der Waals surface area contributed by atoms with Crippen molar-refractivity contribution in [3.8, 4) is 11.5 Å². The van der Waals surface area contributed by atoms with Gasteiger partial charge in [-0.25, -0.2) is 0 Å². The highest BCUT2D eigenvalue weighted by Crippen LogP contribution is 2.30. The number of hydrogen-bond acceptors (Lipinski definition) is 4. The number of thiophene rings is 1. The molecule has 20 heavy (non-hydrogen) atoms. The van der Waals surface area contributed by atoms with Gasteiger partial charge in [-0.2, -0.15) is 0 Å². The molecular weight excluding hydrogens is 338 g/mol. The van der Waals surface area contributed by atoms with Crippen LogP contribution in [0, 0.1) is 0 Å². The summed E-state index contributed by atoms with van der Waals surface area (Å²) < 4.78 is 12.3. The van der Waals surface area contributed by atoms with Crippen molar-refractivity contribution in [1.29, 1.82) is 0 Å². The third-order valence-electron chi connectivity index (χ3n) is 2.64. The molecule has 0 saturated heterocycles. The maximum Gasteiger partial charge on any atom is 0.142 e. The van der Waals surface area contributed by atoms with Crippen molar-refractivity contribution in [2.45, 2.75) is 20.4 Å². The number of ether oxygens (including phenoxy) is 2. The van der Waals surface area contributed by atoms with E-state index in [2.05, 4.69) is 32.7 Å². The van der Waals surface area contributed by atoms with Crippen LogP contribution in [0.3, 0.4) is 0 Å². The van der Waals surface area contributed by atoms with E-state index >= 15 is 0 Å². The van der Waals surface area contributed by atoms with Gasteiger partial charge in [0.15, 0.2) is 0 Å². The van der Waals surface area contributed by atoms with E-state index in [9.17, 15) is 0 Å². The Bertz CT molecular complexity index is 557. The van der Waals surface area contributed by atoms with Crippen LogP contribution < -0.4 is 14.8 Å². The van der Waals surface area contributed by atoms with E-state index in [1.807, 2.05) is 32.0 Å². The summed E-state index contributed by atoms with van der Waals surface area (Å²) in [7, 11) is 0. The molecule has 0 unspecified atom stereocenters. The van der Waals surface area contributed by atoms with Gasteiger partial charge in [-0.15, -0.1) is 11.3 Å². The molecule has 1 aromatic carbocycles. The van der Waals surface area contributed by atoms with Gasteiger partial charge in [0.2, 0.25) is 0 Å². The molecule has 0 bridgehead atoms. The molecule has 108 valence electrons. The van der Waals surface area contributed by atoms with Crippen LogP contribution in [0.1, 0.15) is 18.7 Å². The predicted octanol–water partition coefficient (Wildman–Crippen LogP) is 4.92. The van der Waals surface area contributed by atoms with Gasteiger partial charge >= 0.3 is 0 Å². The second-order valence-electron chi connectivity index (χ2n) is 4.11. The summed E-state index contributed by atoms with van der Waals surface area (Å²) in [5, 5.41) is 5.49. The van der Waals surface area contributed by atoms with Gasteiger partial charge in [-0.3, -0.25) is 0 Å². The third-order valence-corrected chi connectivity index (χ3v) is 4.33. The summed E-state index contributed by atoms with van der Waals surface area (Å²) in [6.07, 6.45) is 0. The van der Waals surface area contributed by atoms with Crippen LogP contribution in [-0.4, -0.2) is 13.2 Å². The highest BCUT2D eigenvalue weighted by Gasteiger charge is 2.06. The van der Waals surface area contributed by atoms with E-state index in [4.69, 9.17) is 9.47 Å². The molecule has 0 aliphatic carbocycles. The normalized spacial score (nSPS) is 10.3. The molecule has 2 aromatic rings. The van der Waals surface area contributed by atoms with E-state index in [1.165, 1.54) is 4.88 Å². The Morgan fingerprint density at radius 1 is 1.15 bits per heavy atom. The van der Waals surface area contributed by atoms with Crippen molar-refractivity contribution >= 4 is 33.0 Å². The monoisotopic (exact) mass is 355 g/mol. The molecule has 2 rings (SSSR count). The zero-order valence-electron chi connectivity index (χ0n) is 11.6. The van der Waals surface area contributed by atoms with Crippen LogP contribution in [-0.2, 0) is 6.54 Å². The fraction of sp³-hybridized carbons (Fsp3) is 0.333. The Morgan fingerprint density at radius 2 is 1.95 bits per heavy atom. The lowest BCUT2D eigenvalue weighted by Gasteiger charge is -2.13. The summed E-state index contributed by atoms with van der Waals surface area (Å²) in [6.45, 7) is 6.04. The van der Waals surface area contributed by atoms with Crippen molar-refractivity contribution in [1.82, 2.24) is 0 Å². The van der Waals surface area contributed by atoms with Crippen LogP contribution in [0.25, 0.3) is 0 Å². The molecule has 0 aliphatic rings. The molecule has 0 spiro atoms. The van der Waals surface area contributed by atoms with Crippen LogP contribution in [0.5, 0.6) is 11.5 Å². The first-order chi connectivity index (χ1) is 9.72. The average Bonchev–Trinajstić information content (AvgIpc) is 2.85. The Balaban J connectivity index is 2.11. The van der Waals surface area contributed by atoms with Gasteiger partial charge in [0.25, 0.3) is 0 Å². The highest BCUT2D eigenvalue weighted by atomic mass is 79.9. The number of hydrogen-bond donors (Lipinski definition) is 1. The Hall–Kier alpha value is -1.20. The first kappa shape index (κ1) is 15.2. The minimum absolute atomic E-state index is 0.646. The second-order valence-corrected chi connectivity index (χ2v) is 6.02. The van der Waals surface area contributed by atoms with E-state index in [0.717, 1.165) is 28.2 Å². The molecule has 0 atom stereocenters. The molecule has 5 heteroatoms. The first-order valence-corrected chi connectivity index (χ1v) is 8.26. The van der Waals surface area contributed by atoms with Gasteiger partial charge in [0, 0.05) is 27.3 Å². The molecule has 0 aliphatic heterocycles. The molecule has 1 aromatic heterocycles. The molecule has 1 N–H and O–H groups in total. The number of halogens is 1. The van der Waals surface area contributed by atoms with Crippen molar-refractivity contribution in [3.05, 3.63) is 39.0 Å². The minimum Gasteiger partial charge on any atom is -0.494 e. The molecule has 0 fully saturated rings. The number of nitrogens with one attached hydrogen (secondary N) is 1. The van der Waals surface area contributed by atoms with Gasteiger partial charge in [-0.05, 0) is 48.0 Å². The molecular formula is C15H18BrNO2S. The summed E-state index contributed by atoms with van der Waals surface area (Å²) in [5.41, 5.74) is 0.960. The summed E-state index contributed by atoms with van der Waals surface area (Å²) in [5.74, 6) is 1.71. The van der Waals surface area contributed by atoms with Gasteiger partial charge in [-0.1, -0.05) is 0 Å². The molecule has 0 amide bonds. The Morgan fingerprint density at radius 3 is 2.60 bits per heavy atom. The number of benzene rings is 1. The largest absolute Gasteiger partial charge is 0.494 e. The van der Waals surface area contributed by atoms with Crippen molar-refractivity contribution < 1.29 is 9.47 Å². The van der Waals surface area contributed by atoms with Crippen molar-refractivity contribution in [2.75, 3.05) is 18.5 Å². The molecule has 0 radical (unpaired) electrons. The van der Waals surface area contributed by atoms with Crippen LogP contribution in [0.2, 0.25) is 0 Å². The number of anilines is 1.